The fraction of sp³-hybridized carbons (Fsp3) is 0.550. The topological polar surface area (TPSA) is 260 Å². The van der Waals surface area contributed by atoms with Gasteiger partial charge in [0.1, 0.15) is 18.1 Å². The monoisotopic (exact) mass is 497 g/mol. The third-order valence-electron chi connectivity index (χ3n) is 4.88. The van der Waals surface area contributed by atoms with Gasteiger partial charge in [0.05, 0.1) is 18.8 Å². The van der Waals surface area contributed by atoms with E-state index in [1.807, 2.05) is 0 Å². The lowest BCUT2D eigenvalue weighted by atomic mass is 10.0. The maximum absolute atomic E-state index is 13.0. The molecule has 0 aliphatic carbocycles. The molecule has 35 heavy (non-hydrogen) atoms. The molecule has 0 saturated heterocycles. The van der Waals surface area contributed by atoms with E-state index in [0.29, 0.717) is 5.69 Å². The zero-order valence-corrected chi connectivity index (χ0v) is 19.3. The van der Waals surface area contributed by atoms with E-state index in [2.05, 4.69) is 25.9 Å². The summed E-state index contributed by atoms with van der Waals surface area (Å²) in [7, 11) is 0. The van der Waals surface area contributed by atoms with Crippen molar-refractivity contribution in [2.45, 2.75) is 63.7 Å². The number of hydrogen-bond acceptors (Lipinski definition) is 8. The van der Waals surface area contributed by atoms with Crippen LogP contribution in [0.2, 0.25) is 0 Å². The molecule has 194 valence electrons. The van der Waals surface area contributed by atoms with E-state index >= 15 is 0 Å². The van der Waals surface area contributed by atoms with Crippen LogP contribution in [0.1, 0.15) is 38.8 Å². The number of carbonyl (C=O) groups is 6. The largest absolute Gasteiger partial charge is 0.481 e. The number of primary amides is 1. The van der Waals surface area contributed by atoms with Crippen molar-refractivity contribution in [3.8, 4) is 0 Å². The molecule has 4 amide bonds. The lowest BCUT2D eigenvalue weighted by Gasteiger charge is -2.27. The van der Waals surface area contributed by atoms with Gasteiger partial charge in [-0.05, 0) is 12.3 Å². The predicted octanol–water partition coefficient (Wildman–Crippen LogP) is -2.79. The molecule has 0 spiro atoms. The second kappa shape index (κ2) is 13.6. The normalized spacial score (nSPS) is 14.3. The fourth-order valence-electron chi connectivity index (χ4n) is 2.99. The molecule has 1 heterocycles. The van der Waals surface area contributed by atoms with Gasteiger partial charge in [0, 0.05) is 24.7 Å². The summed E-state index contributed by atoms with van der Waals surface area (Å²) in [5, 5.41) is 25.2. The SMILES string of the molecule is CC(C)C(NC(=O)C(Cc1cnc[nH]1)NC(=O)C(N)CC(N)=O)C(=O)NC(CCC(=O)O)C(=O)O. The molecule has 0 bridgehead atoms. The number of amides is 4. The Morgan fingerprint density at radius 3 is 2.11 bits per heavy atom. The first-order chi connectivity index (χ1) is 16.3. The van der Waals surface area contributed by atoms with Crippen molar-refractivity contribution >= 4 is 35.6 Å². The summed E-state index contributed by atoms with van der Waals surface area (Å²) < 4.78 is 0. The summed E-state index contributed by atoms with van der Waals surface area (Å²) in [6, 6.07) is -5.24. The van der Waals surface area contributed by atoms with Gasteiger partial charge < -0.3 is 42.6 Å². The second-order valence-corrected chi connectivity index (χ2v) is 8.18. The Hall–Kier alpha value is -4.01. The van der Waals surface area contributed by atoms with Crippen molar-refractivity contribution in [2.24, 2.45) is 17.4 Å². The van der Waals surface area contributed by atoms with Crippen LogP contribution in [0.4, 0.5) is 0 Å². The molecule has 0 aliphatic heterocycles. The van der Waals surface area contributed by atoms with Crippen LogP contribution in [0.25, 0.3) is 0 Å². The number of nitrogens with zero attached hydrogens (tertiary/aromatic N) is 1. The van der Waals surface area contributed by atoms with Gasteiger partial charge in [0.25, 0.3) is 0 Å². The van der Waals surface area contributed by atoms with Crippen LogP contribution in [0.5, 0.6) is 0 Å². The quantitative estimate of drug-likeness (QED) is 0.123. The van der Waals surface area contributed by atoms with Gasteiger partial charge in [-0.25, -0.2) is 9.78 Å². The summed E-state index contributed by atoms with van der Waals surface area (Å²) in [6.45, 7) is 3.20. The average molecular weight is 498 g/mol. The second-order valence-electron chi connectivity index (χ2n) is 8.18. The summed E-state index contributed by atoms with van der Waals surface area (Å²) >= 11 is 0. The van der Waals surface area contributed by atoms with E-state index < -0.39 is 78.5 Å². The van der Waals surface area contributed by atoms with Crippen molar-refractivity contribution in [1.82, 2.24) is 25.9 Å². The molecule has 1 rings (SSSR count). The van der Waals surface area contributed by atoms with Crippen LogP contribution in [0.3, 0.4) is 0 Å². The number of imidazole rings is 1. The summed E-state index contributed by atoms with van der Waals surface area (Å²) in [4.78, 5) is 78.0. The molecule has 15 nitrogen and oxygen atoms in total. The number of aliphatic carboxylic acids is 2. The van der Waals surface area contributed by atoms with Gasteiger partial charge in [-0.1, -0.05) is 13.8 Å². The number of aromatic amines is 1. The number of carbonyl (C=O) groups excluding carboxylic acids is 4. The highest BCUT2D eigenvalue weighted by Gasteiger charge is 2.32. The predicted molar refractivity (Wildman–Crippen MR) is 119 cm³/mol. The molecule has 0 aromatic carbocycles. The summed E-state index contributed by atoms with van der Waals surface area (Å²) in [5.74, 6) is -6.43. The molecule has 4 unspecified atom stereocenters. The minimum absolute atomic E-state index is 0.0658. The van der Waals surface area contributed by atoms with E-state index in [1.54, 1.807) is 13.8 Å². The Morgan fingerprint density at radius 1 is 1.00 bits per heavy atom. The third kappa shape index (κ3) is 10.2. The van der Waals surface area contributed by atoms with Gasteiger partial charge in [-0.3, -0.25) is 24.0 Å². The lowest BCUT2D eigenvalue weighted by Crippen LogP contribution is -2.59. The highest BCUT2D eigenvalue weighted by Crippen LogP contribution is 2.07. The lowest BCUT2D eigenvalue weighted by molar-refractivity contribution is -0.143. The van der Waals surface area contributed by atoms with Gasteiger partial charge >= 0.3 is 11.9 Å². The van der Waals surface area contributed by atoms with Crippen molar-refractivity contribution < 1.29 is 39.0 Å². The number of nitrogens with one attached hydrogen (secondary N) is 4. The van der Waals surface area contributed by atoms with Crippen molar-refractivity contribution in [1.29, 1.82) is 0 Å². The maximum atomic E-state index is 13.0. The Bertz CT molecular complexity index is 919. The molecule has 10 N–H and O–H groups in total. The Labute approximate surface area is 200 Å². The summed E-state index contributed by atoms with van der Waals surface area (Å²) in [6.07, 6.45) is 1.42. The Balaban J connectivity index is 3.01. The number of H-pyrrole nitrogens is 1. The van der Waals surface area contributed by atoms with Gasteiger partial charge in [-0.2, -0.15) is 0 Å². The van der Waals surface area contributed by atoms with E-state index in [4.69, 9.17) is 16.6 Å². The smallest absolute Gasteiger partial charge is 0.326 e. The minimum Gasteiger partial charge on any atom is -0.481 e. The van der Waals surface area contributed by atoms with Crippen LogP contribution >= 0.6 is 0 Å². The molecule has 0 saturated carbocycles. The zero-order chi connectivity index (χ0) is 26.7. The van der Waals surface area contributed by atoms with E-state index in [9.17, 15) is 33.9 Å². The molecule has 0 fully saturated rings. The number of hydrogen-bond donors (Lipinski definition) is 8. The molecular weight excluding hydrogens is 466 g/mol. The molecule has 0 radical (unpaired) electrons. The van der Waals surface area contributed by atoms with E-state index in [1.165, 1.54) is 12.5 Å². The van der Waals surface area contributed by atoms with Crippen LogP contribution in [-0.2, 0) is 35.2 Å². The molecule has 15 heteroatoms. The van der Waals surface area contributed by atoms with Crippen LogP contribution in [0, 0.1) is 5.92 Å². The molecule has 0 aliphatic rings. The first-order valence-electron chi connectivity index (χ1n) is 10.7. The van der Waals surface area contributed by atoms with Gasteiger partial charge in [0.15, 0.2) is 0 Å². The molecular formula is C20H31N7O8. The summed E-state index contributed by atoms with van der Waals surface area (Å²) in [5.41, 5.74) is 11.2. The number of carboxylic acids is 2. The van der Waals surface area contributed by atoms with Gasteiger partial charge in [0.2, 0.25) is 23.6 Å². The maximum Gasteiger partial charge on any atom is 0.326 e. The molecule has 1 aromatic rings. The highest BCUT2D eigenvalue weighted by atomic mass is 16.4. The highest BCUT2D eigenvalue weighted by molar-refractivity contribution is 5.95. The Kier molecular flexibility index (Phi) is 11.3. The first kappa shape index (κ1) is 29.0. The third-order valence-corrected chi connectivity index (χ3v) is 4.88. The van der Waals surface area contributed by atoms with Crippen molar-refractivity contribution in [2.75, 3.05) is 0 Å². The minimum atomic E-state index is -1.48. The Morgan fingerprint density at radius 2 is 1.63 bits per heavy atom. The van der Waals surface area contributed by atoms with Crippen molar-refractivity contribution in [3.05, 3.63) is 18.2 Å². The van der Waals surface area contributed by atoms with Crippen molar-refractivity contribution in [3.63, 3.8) is 0 Å². The zero-order valence-electron chi connectivity index (χ0n) is 19.3. The van der Waals surface area contributed by atoms with Crippen LogP contribution in [-0.4, -0.2) is 79.9 Å². The van der Waals surface area contributed by atoms with Crippen LogP contribution in [0.15, 0.2) is 12.5 Å². The van der Waals surface area contributed by atoms with Crippen LogP contribution < -0.4 is 27.4 Å². The van der Waals surface area contributed by atoms with Gasteiger partial charge in [-0.15, -0.1) is 0 Å². The molecule has 4 atom stereocenters. The fourth-order valence-corrected chi connectivity index (χ4v) is 2.99. The van der Waals surface area contributed by atoms with E-state index in [-0.39, 0.29) is 12.8 Å². The molecule has 1 aromatic heterocycles. The standard InChI is InChI=1S/C20H31N7O8/c1-9(2)16(19(33)25-12(20(34)35)3-4-15(29)30)27-18(32)13(5-10-7-23-8-24-10)26-17(31)11(21)6-14(22)28/h7-9,11-13,16H,3-6,21H2,1-2H3,(H2,22,28)(H,23,24)(H,25,33)(H,26,31)(H,27,32)(H,29,30)(H,34,35). The number of aromatic nitrogens is 2. The average Bonchev–Trinajstić information content (AvgIpc) is 3.26. The number of rotatable bonds is 15. The number of carboxylic acid groups (broad SMARTS) is 2. The first-order valence-corrected chi connectivity index (χ1v) is 10.7. The van der Waals surface area contributed by atoms with E-state index in [0.717, 1.165) is 0 Å². The number of nitrogens with two attached hydrogens (primary N) is 2.